The monoisotopic (exact) mass is 259 g/mol. The summed E-state index contributed by atoms with van der Waals surface area (Å²) in [6.45, 7) is 2.07. The van der Waals surface area contributed by atoms with Crippen molar-refractivity contribution in [2.24, 2.45) is 0 Å². The number of carbonyl (C=O) groups excluding carboxylic acids is 1. The van der Waals surface area contributed by atoms with Gasteiger partial charge in [0.2, 0.25) is 5.91 Å². The van der Waals surface area contributed by atoms with E-state index < -0.39 is 0 Å². The molecule has 1 aromatic carbocycles. The topological polar surface area (TPSA) is 44.4 Å². The highest BCUT2D eigenvalue weighted by molar-refractivity contribution is 5.95. The third-order valence-corrected chi connectivity index (χ3v) is 4.07. The van der Waals surface area contributed by atoms with Gasteiger partial charge in [-0.3, -0.25) is 4.79 Å². The van der Waals surface area contributed by atoms with E-state index in [0.29, 0.717) is 0 Å². The quantitative estimate of drug-likeness (QED) is 0.850. The van der Waals surface area contributed by atoms with Gasteiger partial charge in [-0.2, -0.15) is 0 Å². The summed E-state index contributed by atoms with van der Waals surface area (Å²) < 4.78 is 0. The molecule has 4 nitrogen and oxygen atoms in total. The first-order valence-corrected chi connectivity index (χ1v) is 7.12. The zero-order valence-corrected chi connectivity index (χ0v) is 11.4. The highest BCUT2D eigenvalue weighted by Gasteiger charge is 2.22. The fourth-order valence-corrected chi connectivity index (χ4v) is 3.00. The van der Waals surface area contributed by atoms with Gasteiger partial charge in [0, 0.05) is 25.0 Å². The second-order valence-corrected chi connectivity index (χ2v) is 5.51. The van der Waals surface area contributed by atoms with Crippen molar-refractivity contribution in [3.05, 3.63) is 23.8 Å². The smallest absolute Gasteiger partial charge is 0.241 e. The Balaban J connectivity index is 1.73. The summed E-state index contributed by atoms with van der Waals surface area (Å²) in [5.41, 5.74) is 3.56. The third kappa shape index (κ3) is 2.59. The lowest BCUT2D eigenvalue weighted by Gasteiger charge is -2.28. The van der Waals surface area contributed by atoms with Crippen molar-refractivity contribution in [1.29, 1.82) is 0 Å². The molecule has 0 aliphatic carbocycles. The predicted octanol–water partition coefficient (Wildman–Crippen LogP) is 1.76. The van der Waals surface area contributed by atoms with Crippen molar-refractivity contribution in [3.8, 4) is 0 Å². The molecule has 0 spiro atoms. The Bertz CT molecular complexity index is 480. The Hall–Kier alpha value is -1.55. The normalized spacial score (nSPS) is 22.2. The van der Waals surface area contributed by atoms with Crippen molar-refractivity contribution in [2.75, 3.05) is 30.4 Å². The maximum atomic E-state index is 12.1. The van der Waals surface area contributed by atoms with Crippen LogP contribution in [0.1, 0.15) is 24.8 Å². The minimum absolute atomic E-state index is 0.0151. The summed E-state index contributed by atoms with van der Waals surface area (Å²) in [6, 6.07) is 6.23. The van der Waals surface area contributed by atoms with Crippen molar-refractivity contribution < 1.29 is 4.79 Å². The van der Waals surface area contributed by atoms with Gasteiger partial charge < -0.3 is 15.5 Å². The summed E-state index contributed by atoms with van der Waals surface area (Å²) in [7, 11) is 2.12. The fourth-order valence-electron chi connectivity index (χ4n) is 3.00. The highest BCUT2D eigenvalue weighted by Crippen LogP contribution is 2.28. The Morgan fingerprint density at radius 2 is 2.32 bits per heavy atom. The van der Waals surface area contributed by atoms with Gasteiger partial charge in [0.05, 0.1) is 6.04 Å². The van der Waals surface area contributed by atoms with E-state index in [1.807, 2.05) is 6.07 Å². The largest absolute Gasteiger partial charge is 0.374 e. The SMILES string of the molecule is CN1CCCc2cc(NC(=O)[C@@H]3CCCN3)ccc21. The molecule has 3 rings (SSSR count). The first kappa shape index (κ1) is 12.5. The fraction of sp³-hybridized carbons (Fsp3) is 0.533. The first-order valence-electron chi connectivity index (χ1n) is 7.12. The van der Waals surface area contributed by atoms with Gasteiger partial charge in [0.15, 0.2) is 0 Å². The molecule has 4 heteroatoms. The number of benzene rings is 1. The average Bonchev–Trinajstić information content (AvgIpc) is 2.93. The second-order valence-electron chi connectivity index (χ2n) is 5.51. The number of amides is 1. The van der Waals surface area contributed by atoms with Crippen LogP contribution in [0.2, 0.25) is 0 Å². The Morgan fingerprint density at radius 3 is 3.11 bits per heavy atom. The van der Waals surface area contributed by atoms with Crippen LogP contribution >= 0.6 is 0 Å². The molecule has 0 bridgehead atoms. The number of hydrogen-bond donors (Lipinski definition) is 2. The maximum absolute atomic E-state index is 12.1. The van der Waals surface area contributed by atoms with Crippen LogP contribution in [0.3, 0.4) is 0 Å². The molecule has 2 aliphatic heterocycles. The standard InChI is InChI=1S/C15H21N3O/c1-18-9-3-4-11-10-12(6-7-14(11)18)17-15(19)13-5-2-8-16-13/h6-7,10,13,16H,2-5,8-9H2,1H3,(H,17,19)/t13-/m0/s1. The third-order valence-electron chi connectivity index (χ3n) is 4.07. The van der Waals surface area contributed by atoms with Gasteiger partial charge in [-0.25, -0.2) is 0 Å². The van der Waals surface area contributed by atoms with Gasteiger partial charge in [0.1, 0.15) is 0 Å². The van der Waals surface area contributed by atoms with E-state index in [9.17, 15) is 4.79 Å². The minimum atomic E-state index is -0.0151. The van der Waals surface area contributed by atoms with Crippen molar-refractivity contribution in [2.45, 2.75) is 31.7 Å². The van der Waals surface area contributed by atoms with Crippen molar-refractivity contribution >= 4 is 17.3 Å². The van der Waals surface area contributed by atoms with E-state index in [1.165, 1.54) is 17.7 Å². The zero-order chi connectivity index (χ0) is 13.2. The number of fused-ring (bicyclic) bond motifs is 1. The molecule has 1 fully saturated rings. The zero-order valence-electron chi connectivity index (χ0n) is 11.4. The molecule has 2 aliphatic rings. The van der Waals surface area contributed by atoms with Crippen LogP contribution in [0.15, 0.2) is 18.2 Å². The number of anilines is 2. The molecule has 1 amide bonds. The molecule has 2 heterocycles. The maximum Gasteiger partial charge on any atom is 0.241 e. The molecule has 0 saturated carbocycles. The van der Waals surface area contributed by atoms with Crippen LogP contribution in [0.25, 0.3) is 0 Å². The molecular formula is C15H21N3O. The Morgan fingerprint density at radius 1 is 1.42 bits per heavy atom. The Labute approximate surface area is 114 Å². The molecule has 0 radical (unpaired) electrons. The van der Waals surface area contributed by atoms with E-state index >= 15 is 0 Å². The van der Waals surface area contributed by atoms with Crippen molar-refractivity contribution in [1.82, 2.24) is 5.32 Å². The predicted molar refractivity (Wildman–Crippen MR) is 77.7 cm³/mol. The molecule has 102 valence electrons. The highest BCUT2D eigenvalue weighted by atomic mass is 16.2. The van der Waals surface area contributed by atoms with Crippen LogP contribution < -0.4 is 15.5 Å². The number of hydrogen-bond acceptors (Lipinski definition) is 3. The van der Waals surface area contributed by atoms with Crippen LogP contribution in [-0.4, -0.2) is 32.1 Å². The summed E-state index contributed by atoms with van der Waals surface area (Å²) in [5.74, 6) is 0.0987. The summed E-state index contributed by atoms with van der Waals surface area (Å²) in [4.78, 5) is 14.3. The average molecular weight is 259 g/mol. The van der Waals surface area contributed by atoms with Crippen LogP contribution in [0.4, 0.5) is 11.4 Å². The van der Waals surface area contributed by atoms with Crippen molar-refractivity contribution in [3.63, 3.8) is 0 Å². The van der Waals surface area contributed by atoms with Crippen LogP contribution in [0.5, 0.6) is 0 Å². The van der Waals surface area contributed by atoms with Gasteiger partial charge in [-0.05, 0) is 56.0 Å². The van der Waals surface area contributed by atoms with E-state index in [1.54, 1.807) is 0 Å². The molecule has 0 aromatic heterocycles. The lowest BCUT2D eigenvalue weighted by Crippen LogP contribution is -2.35. The van der Waals surface area contributed by atoms with E-state index in [-0.39, 0.29) is 11.9 Å². The number of nitrogens with zero attached hydrogens (tertiary/aromatic N) is 1. The summed E-state index contributed by atoms with van der Waals surface area (Å²) in [5, 5.41) is 6.25. The number of nitrogens with one attached hydrogen (secondary N) is 2. The molecular weight excluding hydrogens is 238 g/mol. The first-order chi connectivity index (χ1) is 9.24. The summed E-state index contributed by atoms with van der Waals surface area (Å²) in [6.07, 6.45) is 4.32. The van der Waals surface area contributed by atoms with E-state index in [2.05, 4.69) is 34.7 Å². The summed E-state index contributed by atoms with van der Waals surface area (Å²) >= 11 is 0. The lowest BCUT2D eigenvalue weighted by molar-refractivity contribution is -0.117. The molecule has 2 N–H and O–H groups in total. The minimum Gasteiger partial charge on any atom is -0.374 e. The van der Waals surface area contributed by atoms with Gasteiger partial charge >= 0.3 is 0 Å². The number of carbonyl (C=O) groups is 1. The van der Waals surface area contributed by atoms with E-state index in [4.69, 9.17) is 0 Å². The Kier molecular flexibility index (Phi) is 3.42. The van der Waals surface area contributed by atoms with Crippen LogP contribution in [-0.2, 0) is 11.2 Å². The van der Waals surface area contributed by atoms with Gasteiger partial charge in [-0.1, -0.05) is 0 Å². The molecule has 19 heavy (non-hydrogen) atoms. The molecule has 1 aromatic rings. The second kappa shape index (κ2) is 5.21. The number of aryl methyl sites for hydroxylation is 1. The number of rotatable bonds is 2. The molecule has 0 unspecified atom stereocenters. The van der Waals surface area contributed by atoms with Gasteiger partial charge in [-0.15, -0.1) is 0 Å². The van der Waals surface area contributed by atoms with Gasteiger partial charge in [0.25, 0.3) is 0 Å². The van der Waals surface area contributed by atoms with E-state index in [0.717, 1.165) is 38.0 Å². The van der Waals surface area contributed by atoms with Crippen LogP contribution in [0, 0.1) is 0 Å². The lowest BCUT2D eigenvalue weighted by atomic mass is 10.0. The molecule has 1 atom stereocenters. The molecule has 1 saturated heterocycles.